The van der Waals surface area contributed by atoms with E-state index < -0.39 is 16.0 Å². The third-order valence-corrected chi connectivity index (χ3v) is 8.17. The number of aromatic nitrogens is 1. The Hall–Kier alpha value is -1.72. The van der Waals surface area contributed by atoms with Gasteiger partial charge in [0.2, 0.25) is 15.9 Å². The second kappa shape index (κ2) is 9.61. The quantitative estimate of drug-likeness (QED) is 0.617. The number of piperidine rings is 1. The maximum absolute atomic E-state index is 12.9. The standard InChI is InChI=1S/C18H19Cl2N3O5S2/c1-2-28-17(25)14-10-29-18(21-14)22-16(24)11-6-8-23(9-7-11)30(26,27)15-12(19)4-3-5-13(15)20/h3-5,10-11H,2,6-9H2,1H3,(H,21,22,24). The number of benzene rings is 1. The number of thiazole rings is 1. The first-order valence-corrected chi connectivity index (χ1v) is 12.2. The van der Waals surface area contributed by atoms with Gasteiger partial charge in [-0.2, -0.15) is 4.31 Å². The van der Waals surface area contributed by atoms with Crippen molar-refractivity contribution in [2.75, 3.05) is 25.0 Å². The molecule has 30 heavy (non-hydrogen) atoms. The number of rotatable bonds is 6. The van der Waals surface area contributed by atoms with Crippen molar-refractivity contribution in [1.29, 1.82) is 0 Å². The number of hydrogen-bond donors (Lipinski definition) is 1. The van der Waals surface area contributed by atoms with Crippen LogP contribution in [0.5, 0.6) is 0 Å². The Balaban J connectivity index is 1.61. The molecule has 12 heteroatoms. The number of sulfonamides is 1. The van der Waals surface area contributed by atoms with Gasteiger partial charge in [0.05, 0.1) is 16.7 Å². The summed E-state index contributed by atoms with van der Waals surface area (Å²) in [4.78, 5) is 28.1. The average molecular weight is 492 g/mol. The summed E-state index contributed by atoms with van der Waals surface area (Å²) in [5, 5.41) is 4.60. The lowest BCUT2D eigenvalue weighted by Crippen LogP contribution is -2.41. The van der Waals surface area contributed by atoms with Gasteiger partial charge >= 0.3 is 5.97 Å². The fourth-order valence-electron chi connectivity index (χ4n) is 3.05. The lowest BCUT2D eigenvalue weighted by atomic mass is 9.97. The summed E-state index contributed by atoms with van der Waals surface area (Å²) in [6.07, 6.45) is 0.673. The number of nitrogens with one attached hydrogen (secondary N) is 1. The Labute approximate surface area is 188 Å². The van der Waals surface area contributed by atoms with Crippen molar-refractivity contribution in [3.63, 3.8) is 0 Å². The fraction of sp³-hybridized carbons (Fsp3) is 0.389. The van der Waals surface area contributed by atoms with E-state index in [0.717, 1.165) is 11.3 Å². The number of ether oxygens (including phenoxy) is 1. The molecule has 1 aromatic carbocycles. The van der Waals surface area contributed by atoms with Gasteiger partial charge in [0.15, 0.2) is 10.8 Å². The van der Waals surface area contributed by atoms with E-state index in [1.54, 1.807) is 13.0 Å². The van der Waals surface area contributed by atoms with Crippen LogP contribution < -0.4 is 5.32 Å². The lowest BCUT2D eigenvalue weighted by molar-refractivity contribution is -0.120. The molecule has 1 amide bonds. The number of halogens is 2. The summed E-state index contributed by atoms with van der Waals surface area (Å²) in [6, 6.07) is 4.52. The van der Waals surface area contributed by atoms with Gasteiger partial charge in [0.25, 0.3) is 0 Å². The molecule has 2 aromatic rings. The minimum absolute atomic E-state index is 0.0588. The van der Waals surface area contributed by atoms with Crippen LogP contribution in [0.2, 0.25) is 10.0 Å². The van der Waals surface area contributed by atoms with E-state index in [1.807, 2.05) is 0 Å². The van der Waals surface area contributed by atoms with E-state index >= 15 is 0 Å². The van der Waals surface area contributed by atoms with Crippen LogP contribution in [0, 0.1) is 5.92 Å². The Morgan fingerprint density at radius 3 is 2.50 bits per heavy atom. The number of esters is 1. The summed E-state index contributed by atoms with van der Waals surface area (Å²) < 4.78 is 32.0. The van der Waals surface area contributed by atoms with Crippen molar-refractivity contribution >= 4 is 61.6 Å². The molecule has 1 aliphatic rings. The topological polar surface area (TPSA) is 106 Å². The van der Waals surface area contributed by atoms with Crippen LogP contribution in [0.15, 0.2) is 28.5 Å². The lowest BCUT2D eigenvalue weighted by Gasteiger charge is -2.30. The monoisotopic (exact) mass is 491 g/mol. The van der Waals surface area contributed by atoms with Crippen LogP contribution in [0.1, 0.15) is 30.3 Å². The average Bonchev–Trinajstić information content (AvgIpc) is 3.16. The molecule has 0 aliphatic carbocycles. The zero-order valence-electron chi connectivity index (χ0n) is 15.9. The maximum Gasteiger partial charge on any atom is 0.357 e. The largest absolute Gasteiger partial charge is 0.461 e. The van der Waals surface area contributed by atoms with E-state index in [1.165, 1.54) is 21.8 Å². The van der Waals surface area contributed by atoms with Gasteiger partial charge in [-0.05, 0) is 31.9 Å². The molecular weight excluding hydrogens is 473 g/mol. The Bertz CT molecular complexity index is 1030. The molecule has 0 bridgehead atoms. The van der Waals surface area contributed by atoms with Gasteiger partial charge in [-0.15, -0.1) is 11.3 Å². The zero-order chi connectivity index (χ0) is 21.9. The number of hydrogen-bond acceptors (Lipinski definition) is 7. The van der Waals surface area contributed by atoms with Gasteiger partial charge in [-0.1, -0.05) is 29.3 Å². The first-order valence-electron chi connectivity index (χ1n) is 9.11. The number of anilines is 1. The van der Waals surface area contributed by atoms with E-state index in [9.17, 15) is 18.0 Å². The van der Waals surface area contributed by atoms with Crippen molar-refractivity contribution in [2.24, 2.45) is 5.92 Å². The van der Waals surface area contributed by atoms with Crippen LogP contribution in [0.4, 0.5) is 5.13 Å². The molecule has 162 valence electrons. The minimum Gasteiger partial charge on any atom is -0.461 e. The summed E-state index contributed by atoms with van der Waals surface area (Å²) in [7, 11) is -3.87. The smallest absolute Gasteiger partial charge is 0.357 e. The number of amides is 1. The molecular formula is C18H19Cl2N3O5S2. The van der Waals surface area contributed by atoms with E-state index in [4.69, 9.17) is 27.9 Å². The predicted octanol–water partition coefficient (Wildman–Crippen LogP) is 3.67. The van der Waals surface area contributed by atoms with Gasteiger partial charge in [0, 0.05) is 24.4 Å². The van der Waals surface area contributed by atoms with Gasteiger partial charge in [-0.25, -0.2) is 18.2 Å². The molecule has 1 saturated heterocycles. The highest BCUT2D eigenvalue weighted by Gasteiger charge is 2.34. The zero-order valence-corrected chi connectivity index (χ0v) is 19.1. The Morgan fingerprint density at radius 2 is 1.90 bits per heavy atom. The van der Waals surface area contributed by atoms with Crippen LogP contribution in [-0.4, -0.2) is 49.3 Å². The maximum atomic E-state index is 12.9. The van der Waals surface area contributed by atoms with Crippen LogP contribution in [-0.2, 0) is 19.6 Å². The molecule has 1 aliphatic heterocycles. The van der Waals surface area contributed by atoms with Crippen molar-refractivity contribution in [2.45, 2.75) is 24.7 Å². The Morgan fingerprint density at radius 1 is 1.27 bits per heavy atom. The molecule has 8 nitrogen and oxygen atoms in total. The molecule has 1 N–H and O–H groups in total. The summed E-state index contributed by atoms with van der Waals surface area (Å²) in [5.41, 5.74) is 0.134. The molecule has 0 radical (unpaired) electrons. The third kappa shape index (κ3) is 4.94. The predicted molar refractivity (Wildman–Crippen MR) is 115 cm³/mol. The van der Waals surface area contributed by atoms with Crippen molar-refractivity contribution in [1.82, 2.24) is 9.29 Å². The second-order valence-corrected chi connectivity index (χ2v) is 10.0. The molecule has 3 rings (SSSR count). The first-order chi connectivity index (χ1) is 14.2. The highest BCUT2D eigenvalue weighted by atomic mass is 35.5. The molecule has 0 unspecified atom stereocenters. The SMILES string of the molecule is CCOC(=O)c1csc(NC(=O)C2CCN(S(=O)(=O)c3c(Cl)cccc3Cl)CC2)n1. The van der Waals surface area contributed by atoms with Crippen molar-refractivity contribution in [3.05, 3.63) is 39.3 Å². The molecule has 1 fully saturated rings. The molecule has 0 saturated carbocycles. The highest BCUT2D eigenvalue weighted by Crippen LogP contribution is 2.33. The summed E-state index contributed by atoms with van der Waals surface area (Å²) >= 11 is 13.2. The number of carbonyl (C=O) groups excluding carboxylic acids is 2. The minimum atomic E-state index is -3.87. The molecule has 1 aromatic heterocycles. The van der Waals surface area contributed by atoms with Gasteiger partial charge < -0.3 is 10.1 Å². The fourth-order valence-corrected chi connectivity index (χ4v) is 6.30. The third-order valence-electron chi connectivity index (χ3n) is 4.56. The summed E-state index contributed by atoms with van der Waals surface area (Å²) in [6.45, 7) is 2.25. The Kier molecular flexibility index (Phi) is 7.35. The number of nitrogens with zero attached hydrogens (tertiary/aromatic N) is 2. The van der Waals surface area contributed by atoms with E-state index in [0.29, 0.717) is 18.0 Å². The van der Waals surface area contributed by atoms with E-state index in [-0.39, 0.29) is 52.2 Å². The molecule has 0 atom stereocenters. The van der Waals surface area contributed by atoms with Crippen LogP contribution in [0.25, 0.3) is 0 Å². The number of carbonyl (C=O) groups is 2. The van der Waals surface area contributed by atoms with Crippen LogP contribution in [0.3, 0.4) is 0 Å². The normalized spacial score (nSPS) is 15.7. The van der Waals surface area contributed by atoms with Gasteiger partial charge in [-0.3, -0.25) is 4.79 Å². The molecule has 0 spiro atoms. The summed E-state index contributed by atoms with van der Waals surface area (Å²) in [5.74, 6) is -1.20. The second-order valence-electron chi connectivity index (χ2n) is 6.48. The van der Waals surface area contributed by atoms with Crippen LogP contribution >= 0.6 is 34.5 Å². The first kappa shape index (κ1) is 23.0. The van der Waals surface area contributed by atoms with Crippen molar-refractivity contribution < 1.29 is 22.7 Å². The van der Waals surface area contributed by atoms with Crippen molar-refractivity contribution in [3.8, 4) is 0 Å². The van der Waals surface area contributed by atoms with Gasteiger partial charge in [0.1, 0.15) is 4.90 Å². The van der Waals surface area contributed by atoms with E-state index in [2.05, 4.69) is 10.3 Å². The highest BCUT2D eigenvalue weighted by molar-refractivity contribution is 7.89. The molecule has 2 heterocycles.